The van der Waals surface area contributed by atoms with Crippen LogP contribution in [0.25, 0.3) is 17.4 Å². The van der Waals surface area contributed by atoms with E-state index < -0.39 is 0 Å². The van der Waals surface area contributed by atoms with Gasteiger partial charge < -0.3 is 19.6 Å². The maximum atomic E-state index is 13.3. The molecule has 198 valence electrons. The first-order valence-corrected chi connectivity index (χ1v) is 13.8. The van der Waals surface area contributed by atoms with Gasteiger partial charge in [-0.15, -0.1) is 0 Å². The molecule has 0 saturated carbocycles. The molecule has 2 aromatic rings. The van der Waals surface area contributed by atoms with Gasteiger partial charge in [0.2, 0.25) is 0 Å². The summed E-state index contributed by atoms with van der Waals surface area (Å²) in [6.07, 6.45) is 6.84. The van der Waals surface area contributed by atoms with Crippen LogP contribution >= 0.6 is 24.0 Å². The molecule has 0 radical (unpaired) electrons. The number of aryl methyl sites for hydroxylation is 1. The first-order valence-electron chi connectivity index (χ1n) is 12.6. The van der Waals surface area contributed by atoms with Crippen LogP contribution < -0.4 is 15.2 Å². The number of hydrogen-bond donors (Lipinski definition) is 1. The lowest BCUT2D eigenvalue weighted by atomic mass is 9.95. The topological polar surface area (TPSA) is 77.9 Å². The van der Waals surface area contributed by atoms with Crippen molar-refractivity contribution in [3.05, 3.63) is 40.5 Å². The molecule has 0 spiro atoms. The van der Waals surface area contributed by atoms with Gasteiger partial charge in [-0.2, -0.15) is 0 Å². The zero-order valence-corrected chi connectivity index (χ0v) is 24.2. The van der Waals surface area contributed by atoms with Crippen molar-refractivity contribution in [2.24, 2.45) is 11.7 Å². The third kappa shape index (κ3) is 7.14. The Morgan fingerprint density at radius 1 is 1.08 bits per heavy atom. The number of nitrogens with zero attached hydrogens (tertiary/aromatic N) is 1. The minimum atomic E-state index is -0.0306. The molecule has 1 amide bonds. The highest BCUT2D eigenvalue weighted by molar-refractivity contribution is 8.26. The van der Waals surface area contributed by atoms with E-state index in [-0.39, 0.29) is 11.9 Å². The highest BCUT2D eigenvalue weighted by atomic mass is 32.2. The third-order valence-electron chi connectivity index (χ3n) is 6.35. The molecular formula is C28H40N2O4S2. The predicted octanol–water partition coefficient (Wildman–Crippen LogP) is 6.91. The van der Waals surface area contributed by atoms with E-state index in [1.807, 2.05) is 30.3 Å². The zero-order valence-electron chi connectivity index (χ0n) is 22.6. The van der Waals surface area contributed by atoms with Gasteiger partial charge >= 0.3 is 0 Å². The van der Waals surface area contributed by atoms with Gasteiger partial charge in [0.05, 0.1) is 19.1 Å². The largest absolute Gasteiger partial charge is 0.497 e. The van der Waals surface area contributed by atoms with Crippen molar-refractivity contribution in [1.29, 1.82) is 0 Å². The molecule has 3 rings (SSSR count). The molecule has 1 atom stereocenters. The summed E-state index contributed by atoms with van der Waals surface area (Å²) in [5, 5.41) is 0. The van der Waals surface area contributed by atoms with Crippen LogP contribution in [0.1, 0.15) is 64.7 Å². The number of rotatable bonds is 11. The number of amides is 1. The molecule has 1 aromatic carbocycles. The molecule has 2 N–H and O–H groups in total. The summed E-state index contributed by atoms with van der Waals surface area (Å²) in [6, 6.07) is 7.78. The highest BCUT2D eigenvalue weighted by Gasteiger charge is 2.36. The number of hydrogen-bond acceptors (Lipinski definition) is 7. The quantitative estimate of drug-likeness (QED) is 0.249. The molecular weight excluding hydrogens is 492 g/mol. The fraction of sp³-hybridized carbons (Fsp3) is 0.500. The maximum Gasteiger partial charge on any atom is 0.266 e. The first-order chi connectivity index (χ1) is 17.3. The average molecular weight is 533 g/mol. The van der Waals surface area contributed by atoms with Gasteiger partial charge in [-0.05, 0) is 56.5 Å². The summed E-state index contributed by atoms with van der Waals surface area (Å²) in [5.41, 5.74) is 6.43. The van der Waals surface area contributed by atoms with Crippen LogP contribution in [0.5, 0.6) is 11.5 Å². The Morgan fingerprint density at radius 2 is 1.69 bits per heavy atom. The SMILES string of the molecule is CCCc1cc(-c2cc(OC)cc(OC)c2)oc1/C=C1\SC(=S)N(C(C)CC(CC)CC)C1=O.CN. The second-order valence-corrected chi connectivity index (χ2v) is 10.3. The number of carbonyl (C=O) groups excluding carboxylic acids is 1. The van der Waals surface area contributed by atoms with Crippen molar-refractivity contribution in [3.8, 4) is 22.8 Å². The molecule has 6 nitrogen and oxygen atoms in total. The number of methoxy groups -OCH3 is 2. The standard InChI is InChI=1S/C27H35NO4S2.CH5N/c1-7-10-19-14-23(20-12-21(30-5)15-22(13-20)31-6)32-24(19)16-25-26(29)28(27(33)34-25)17(4)11-18(8-2)9-3;1-2/h12-18H,7-11H2,1-6H3;2H2,1H3/b25-16-;. The number of carbonyl (C=O) groups is 1. The van der Waals surface area contributed by atoms with Crippen LogP contribution in [-0.4, -0.2) is 42.4 Å². The Bertz CT molecular complexity index is 1040. The lowest BCUT2D eigenvalue weighted by Crippen LogP contribution is -2.37. The Labute approximate surface area is 225 Å². The van der Waals surface area contributed by atoms with Gasteiger partial charge in [0.15, 0.2) is 0 Å². The minimum Gasteiger partial charge on any atom is -0.497 e. The molecule has 1 saturated heterocycles. The van der Waals surface area contributed by atoms with Crippen molar-refractivity contribution >= 4 is 40.3 Å². The summed E-state index contributed by atoms with van der Waals surface area (Å²) in [7, 11) is 4.75. The van der Waals surface area contributed by atoms with E-state index in [4.69, 9.17) is 26.1 Å². The fourth-order valence-corrected chi connectivity index (χ4v) is 5.74. The Hall–Kier alpha value is -2.29. The highest BCUT2D eigenvalue weighted by Crippen LogP contribution is 2.38. The molecule has 1 fully saturated rings. The summed E-state index contributed by atoms with van der Waals surface area (Å²) in [6.45, 7) is 8.62. The van der Waals surface area contributed by atoms with Gasteiger partial charge in [-0.3, -0.25) is 9.69 Å². The number of furan rings is 1. The predicted molar refractivity (Wildman–Crippen MR) is 155 cm³/mol. The lowest BCUT2D eigenvalue weighted by Gasteiger charge is -2.26. The molecule has 1 aliphatic heterocycles. The summed E-state index contributed by atoms with van der Waals surface area (Å²) < 4.78 is 17.7. The molecule has 1 unspecified atom stereocenters. The normalized spacial score (nSPS) is 15.4. The second-order valence-electron chi connectivity index (χ2n) is 8.67. The van der Waals surface area contributed by atoms with Crippen LogP contribution in [0.4, 0.5) is 0 Å². The first kappa shape index (κ1) is 29.9. The van der Waals surface area contributed by atoms with Crippen LogP contribution in [0.2, 0.25) is 0 Å². The van der Waals surface area contributed by atoms with Gasteiger partial charge in [0, 0.05) is 23.7 Å². The summed E-state index contributed by atoms with van der Waals surface area (Å²) >= 11 is 6.96. The van der Waals surface area contributed by atoms with E-state index in [1.54, 1.807) is 19.1 Å². The van der Waals surface area contributed by atoms with E-state index >= 15 is 0 Å². The van der Waals surface area contributed by atoms with Crippen molar-refractivity contribution in [3.63, 3.8) is 0 Å². The van der Waals surface area contributed by atoms with E-state index in [9.17, 15) is 4.79 Å². The summed E-state index contributed by atoms with van der Waals surface area (Å²) in [5.74, 6) is 3.36. The van der Waals surface area contributed by atoms with Crippen molar-refractivity contribution in [1.82, 2.24) is 4.90 Å². The molecule has 1 aliphatic rings. The Morgan fingerprint density at radius 3 is 2.22 bits per heavy atom. The molecule has 0 aliphatic carbocycles. The van der Waals surface area contributed by atoms with Crippen LogP contribution in [0.15, 0.2) is 33.6 Å². The van der Waals surface area contributed by atoms with Gasteiger partial charge in [-0.25, -0.2) is 0 Å². The van der Waals surface area contributed by atoms with Crippen LogP contribution in [0.3, 0.4) is 0 Å². The Balaban J connectivity index is 0.00000222. The number of thioether (sulfide) groups is 1. The lowest BCUT2D eigenvalue weighted by molar-refractivity contribution is -0.123. The van der Waals surface area contributed by atoms with Gasteiger partial charge in [0.25, 0.3) is 5.91 Å². The maximum absolute atomic E-state index is 13.3. The number of benzene rings is 1. The van der Waals surface area contributed by atoms with E-state index in [2.05, 4.69) is 33.4 Å². The smallest absolute Gasteiger partial charge is 0.266 e. The fourth-order valence-electron chi connectivity index (χ4n) is 4.31. The van der Waals surface area contributed by atoms with Gasteiger partial charge in [-0.1, -0.05) is 64.0 Å². The molecule has 1 aromatic heterocycles. The zero-order chi connectivity index (χ0) is 26.8. The number of thiocarbonyl (C=S) groups is 1. The van der Waals surface area contributed by atoms with Crippen LogP contribution in [-0.2, 0) is 11.2 Å². The average Bonchev–Trinajstić information content (AvgIpc) is 3.42. The summed E-state index contributed by atoms with van der Waals surface area (Å²) in [4.78, 5) is 15.7. The molecule has 2 heterocycles. The van der Waals surface area contributed by atoms with E-state index in [0.717, 1.165) is 43.2 Å². The van der Waals surface area contributed by atoms with E-state index in [1.165, 1.54) is 18.8 Å². The molecule has 0 bridgehead atoms. The minimum absolute atomic E-state index is 0.0306. The van der Waals surface area contributed by atoms with Crippen molar-refractivity contribution in [2.45, 2.75) is 65.8 Å². The van der Waals surface area contributed by atoms with Crippen LogP contribution in [0, 0.1) is 5.92 Å². The number of ether oxygens (including phenoxy) is 2. The Kier molecular flexibility index (Phi) is 12.0. The van der Waals surface area contributed by atoms with Crippen molar-refractivity contribution in [2.75, 3.05) is 21.3 Å². The third-order valence-corrected chi connectivity index (χ3v) is 7.68. The number of nitrogens with two attached hydrogens (primary N) is 1. The second kappa shape index (κ2) is 14.4. The van der Waals surface area contributed by atoms with E-state index in [0.29, 0.717) is 38.2 Å². The van der Waals surface area contributed by atoms with Gasteiger partial charge in [0.1, 0.15) is 27.3 Å². The molecule has 36 heavy (non-hydrogen) atoms. The van der Waals surface area contributed by atoms with Crippen molar-refractivity contribution < 1.29 is 18.7 Å². The monoisotopic (exact) mass is 532 g/mol. The molecule has 8 heteroatoms.